The molecule has 0 bridgehead atoms. The van der Waals surface area contributed by atoms with Crippen LogP contribution in [0, 0.1) is 0 Å². The fourth-order valence-corrected chi connectivity index (χ4v) is 2.31. The second-order valence-electron chi connectivity index (χ2n) is 4.95. The minimum Gasteiger partial charge on any atom is -0.493 e. The van der Waals surface area contributed by atoms with E-state index in [4.69, 9.17) is 9.47 Å². The van der Waals surface area contributed by atoms with E-state index in [0.717, 1.165) is 11.1 Å². The molecule has 23 heavy (non-hydrogen) atoms. The van der Waals surface area contributed by atoms with Crippen LogP contribution < -0.4 is 9.47 Å². The Hall–Kier alpha value is -2.62. The van der Waals surface area contributed by atoms with Crippen LogP contribution in [0.15, 0.2) is 48.8 Å². The van der Waals surface area contributed by atoms with Crippen molar-refractivity contribution in [2.24, 2.45) is 0 Å². The van der Waals surface area contributed by atoms with E-state index in [1.165, 1.54) is 0 Å². The van der Waals surface area contributed by atoms with E-state index in [0.29, 0.717) is 30.1 Å². The van der Waals surface area contributed by atoms with Crippen LogP contribution in [0.3, 0.4) is 0 Å². The summed E-state index contributed by atoms with van der Waals surface area (Å²) >= 11 is 0. The van der Waals surface area contributed by atoms with Gasteiger partial charge in [-0.3, -0.25) is 9.78 Å². The second-order valence-corrected chi connectivity index (χ2v) is 4.95. The van der Waals surface area contributed by atoms with Crippen molar-refractivity contribution >= 4 is 11.4 Å². The van der Waals surface area contributed by atoms with Gasteiger partial charge >= 0.3 is 0 Å². The quantitative estimate of drug-likeness (QED) is 0.720. The molecule has 1 aromatic carbocycles. The zero-order chi connectivity index (χ0) is 16.7. The number of aromatic nitrogens is 1. The molecule has 120 valence electrons. The summed E-state index contributed by atoms with van der Waals surface area (Å²) in [6.45, 7) is 4.38. The molecule has 0 aliphatic carbocycles. The first-order valence-electron chi connectivity index (χ1n) is 7.59. The number of methoxy groups -OCH3 is 1. The molecule has 4 nitrogen and oxygen atoms in total. The Morgan fingerprint density at radius 3 is 2.65 bits per heavy atom. The number of pyridine rings is 1. The largest absolute Gasteiger partial charge is 0.493 e. The first-order valence-corrected chi connectivity index (χ1v) is 7.59. The van der Waals surface area contributed by atoms with Crippen molar-refractivity contribution in [2.45, 2.75) is 20.3 Å². The van der Waals surface area contributed by atoms with Crippen LogP contribution in [0.5, 0.6) is 11.5 Å². The van der Waals surface area contributed by atoms with E-state index in [9.17, 15) is 4.79 Å². The van der Waals surface area contributed by atoms with Crippen molar-refractivity contribution < 1.29 is 14.3 Å². The Bertz CT molecular complexity index is 693. The van der Waals surface area contributed by atoms with Gasteiger partial charge in [0.15, 0.2) is 17.3 Å². The number of hydrogen-bond acceptors (Lipinski definition) is 4. The highest BCUT2D eigenvalue weighted by molar-refractivity contribution is 6.02. The van der Waals surface area contributed by atoms with Gasteiger partial charge < -0.3 is 9.47 Å². The maximum absolute atomic E-state index is 12.6. The van der Waals surface area contributed by atoms with Crippen LogP contribution in [0.25, 0.3) is 5.57 Å². The zero-order valence-electron chi connectivity index (χ0n) is 13.7. The summed E-state index contributed by atoms with van der Waals surface area (Å²) in [6.07, 6.45) is 5.75. The first-order chi connectivity index (χ1) is 11.2. The van der Waals surface area contributed by atoms with Gasteiger partial charge in [-0.05, 0) is 49.2 Å². The lowest BCUT2D eigenvalue weighted by molar-refractivity contribution is 0.0998. The van der Waals surface area contributed by atoms with Crippen LogP contribution in [-0.4, -0.2) is 24.5 Å². The molecule has 4 heteroatoms. The predicted molar refractivity (Wildman–Crippen MR) is 91.0 cm³/mol. The molecule has 0 atom stereocenters. The van der Waals surface area contributed by atoms with Crippen LogP contribution in [0.1, 0.15) is 36.2 Å². The summed E-state index contributed by atoms with van der Waals surface area (Å²) in [5.74, 6) is 1.24. The lowest BCUT2D eigenvalue weighted by Gasteiger charge is -2.11. The molecule has 0 saturated heterocycles. The number of Topliss-reactive ketones (excluding diaryl/α,β-unsaturated/α-hetero) is 1. The summed E-state index contributed by atoms with van der Waals surface area (Å²) in [5, 5.41) is 0. The topological polar surface area (TPSA) is 48.4 Å². The van der Waals surface area contributed by atoms with Crippen molar-refractivity contribution in [3.8, 4) is 11.5 Å². The van der Waals surface area contributed by atoms with Gasteiger partial charge in [-0.2, -0.15) is 0 Å². The standard InChI is InChI=1S/C19H21NO3/c1-4-14(16-7-6-10-20-13-16)11-17(21)15-8-9-18(23-5-2)19(12-15)22-3/h4,6-10,12-13H,5,11H2,1-3H3/b14-4-. The minimum absolute atomic E-state index is 0.0308. The fourth-order valence-electron chi connectivity index (χ4n) is 2.31. The highest BCUT2D eigenvalue weighted by Crippen LogP contribution is 2.29. The Morgan fingerprint density at radius 1 is 1.22 bits per heavy atom. The average molecular weight is 311 g/mol. The van der Waals surface area contributed by atoms with Gasteiger partial charge in [0, 0.05) is 24.4 Å². The SMILES string of the molecule is C/C=C(/CC(=O)c1ccc(OCC)c(OC)c1)c1cccnc1. The first kappa shape index (κ1) is 16.7. The number of hydrogen-bond donors (Lipinski definition) is 0. The number of carbonyl (C=O) groups excluding carboxylic acids is 1. The molecule has 0 radical (unpaired) electrons. The summed E-state index contributed by atoms with van der Waals surface area (Å²) in [5.41, 5.74) is 2.52. The summed E-state index contributed by atoms with van der Waals surface area (Å²) in [4.78, 5) is 16.7. The fraction of sp³-hybridized carbons (Fsp3) is 0.263. The molecule has 1 aromatic heterocycles. The van der Waals surface area contributed by atoms with Gasteiger partial charge in [0.2, 0.25) is 0 Å². The molecular weight excluding hydrogens is 290 g/mol. The van der Waals surface area contributed by atoms with Crippen molar-refractivity contribution in [3.63, 3.8) is 0 Å². The molecular formula is C19H21NO3. The molecule has 0 spiro atoms. The van der Waals surface area contributed by atoms with Gasteiger partial charge in [-0.25, -0.2) is 0 Å². The van der Waals surface area contributed by atoms with Crippen molar-refractivity contribution in [1.29, 1.82) is 0 Å². The highest BCUT2D eigenvalue weighted by Gasteiger charge is 2.13. The molecule has 0 saturated carbocycles. The Morgan fingerprint density at radius 2 is 2.04 bits per heavy atom. The molecule has 2 rings (SSSR count). The number of ketones is 1. The molecule has 0 unspecified atom stereocenters. The number of benzene rings is 1. The lowest BCUT2D eigenvalue weighted by atomic mass is 9.98. The smallest absolute Gasteiger partial charge is 0.167 e. The van der Waals surface area contributed by atoms with E-state index in [2.05, 4.69) is 4.98 Å². The molecule has 1 heterocycles. The third-order valence-electron chi connectivity index (χ3n) is 3.52. The van der Waals surface area contributed by atoms with Gasteiger partial charge in [0.05, 0.1) is 13.7 Å². The molecule has 0 aliphatic rings. The Balaban J connectivity index is 2.20. The van der Waals surface area contributed by atoms with E-state index in [1.54, 1.807) is 37.7 Å². The molecule has 2 aromatic rings. The Labute approximate surface area is 136 Å². The number of nitrogens with zero attached hydrogens (tertiary/aromatic N) is 1. The van der Waals surface area contributed by atoms with E-state index >= 15 is 0 Å². The number of allylic oxidation sites excluding steroid dienone is 2. The van der Waals surface area contributed by atoms with E-state index < -0.39 is 0 Å². The maximum Gasteiger partial charge on any atom is 0.167 e. The van der Waals surface area contributed by atoms with E-state index in [1.807, 2.05) is 32.1 Å². The monoisotopic (exact) mass is 311 g/mol. The average Bonchev–Trinajstić information content (AvgIpc) is 2.60. The number of rotatable bonds is 7. The molecule has 0 fully saturated rings. The zero-order valence-corrected chi connectivity index (χ0v) is 13.7. The van der Waals surface area contributed by atoms with Crippen LogP contribution in [-0.2, 0) is 0 Å². The van der Waals surface area contributed by atoms with Crippen molar-refractivity contribution in [3.05, 3.63) is 59.9 Å². The number of ether oxygens (including phenoxy) is 2. The van der Waals surface area contributed by atoms with Crippen LogP contribution >= 0.6 is 0 Å². The van der Waals surface area contributed by atoms with Crippen LogP contribution in [0.2, 0.25) is 0 Å². The van der Waals surface area contributed by atoms with Gasteiger partial charge in [-0.1, -0.05) is 12.1 Å². The lowest BCUT2D eigenvalue weighted by Crippen LogP contribution is -2.03. The minimum atomic E-state index is 0.0308. The predicted octanol–water partition coefficient (Wildman–Crippen LogP) is 4.17. The van der Waals surface area contributed by atoms with Crippen molar-refractivity contribution in [1.82, 2.24) is 4.98 Å². The molecule has 0 aliphatic heterocycles. The summed E-state index contributed by atoms with van der Waals surface area (Å²) < 4.78 is 10.8. The molecule has 0 amide bonds. The van der Waals surface area contributed by atoms with Gasteiger partial charge in [0.25, 0.3) is 0 Å². The third kappa shape index (κ3) is 4.19. The van der Waals surface area contributed by atoms with Crippen molar-refractivity contribution in [2.75, 3.05) is 13.7 Å². The highest BCUT2D eigenvalue weighted by atomic mass is 16.5. The third-order valence-corrected chi connectivity index (χ3v) is 3.52. The Kier molecular flexibility index (Phi) is 5.92. The molecule has 0 N–H and O–H groups in total. The van der Waals surface area contributed by atoms with E-state index in [-0.39, 0.29) is 5.78 Å². The van der Waals surface area contributed by atoms with Gasteiger partial charge in [0.1, 0.15) is 0 Å². The van der Waals surface area contributed by atoms with Gasteiger partial charge in [-0.15, -0.1) is 0 Å². The normalized spacial score (nSPS) is 11.2. The van der Waals surface area contributed by atoms with Crippen LogP contribution in [0.4, 0.5) is 0 Å². The maximum atomic E-state index is 12.6. The summed E-state index contributed by atoms with van der Waals surface area (Å²) in [6, 6.07) is 9.09. The summed E-state index contributed by atoms with van der Waals surface area (Å²) in [7, 11) is 1.57. The number of carbonyl (C=O) groups is 1. The second kappa shape index (κ2) is 8.13.